The van der Waals surface area contributed by atoms with Crippen molar-refractivity contribution >= 4 is 5.91 Å². The molecule has 1 atom stereocenters. The van der Waals surface area contributed by atoms with E-state index < -0.39 is 0 Å². The molecule has 0 saturated heterocycles. The SMILES string of the molecule is CC(C)CC(C)(CN)NC(=O)CCCN. The lowest BCUT2D eigenvalue weighted by atomic mass is 9.90. The zero-order chi connectivity index (χ0) is 11.9. The van der Waals surface area contributed by atoms with Crippen LogP contribution in [0, 0.1) is 5.92 Å². The summed E-state index contributed by atoms with van der Waals surface area (Å²) in [5, 5.41) is 2.99. The van der Waals surface area contributed by atoms with Gasteiger partial charge in [0.1, 0.15) is 0 Å². The summed E-state index contributed by atoms with van der Waals surface area (Å²) in [6.07, 6.45) is 2.12. The van der Waals surface area contributed by atoms with Crippen molar-refractivity contribution in [2.45, 2.75) is 45.6 Å². The molecule has 0 aromatic carbocycles. The van der Waals surface area contributed by atoms with E-state index in [0.717, 1.165) is 12.8 Å². The Kier molecular flexibility index (Phi) is 6.52. The Balaban J connectivity index is 4.11. The van der Waals surface area contributed by atoms with Crippen LogP contribution in [0.1, 0.15) is 40.0 Å². The van der Waals surface area contributed by atoms with Crippen molar-refractivity contribution in [1.29, 1.82) is 0 Å². The van der Waals surface area contributed by atoms with E-state index in [0.29, 0.717) is 25.4 Å². The number of carbonyl (C=O) groups excluding carboxylic acids is 1. The number of nitrogens with one attached hydrogen (secondary N) is 1. The Morgan fingerprint density at radius 2 is 2.00 bits per heavy atom. The lowest BCUT2D eigenvalue weighted by molar-refractivity contribution is -0.123. The Morgan fingerprint density at radius 3 is 2.40 bits per heavy atom. The molecule has 4 heteroatoms. The van der Waals surface area contributed by atoms with E-state index in [1.54, 1.807) is 0 Å². The van der Waals surface area contributed by atoms with Crippen molar-refractivity contribution < 1.29 is 4.79 Å². The first-order valence-corrected chi connectivity index (χ1v) is 5.64. The van der Waals surface area contributed by atoms with Crippen LogP contribution in [0.25, 0.3) is 0 Å². The maximum absolute atomic E-state index is 11.5. The lowest BCUT2D eigenvalue weighted by Gasteiger charge is -2.31. The van der Waals surface area contributed by atoms with Crippen molar-refractivity contribution in [3.8, 4) is 0 Å². The highest BCUT2D eigenvalue weighted by Gasteiger charge is 2.25. The standard InChI is InChI=1S/C11H25N3O/c1-9(2)7-11(3,8-13)14-10(15)5-4-6-12/h9H,4-8,12-13H2,1-3H3,(H,14,15). The number of hydrogen-bond donors (Lipinski definition) is 3. The molecule has 0 saturated carbocycles. The quantitative estimate of drug-likeness (QED) is 0.582. The minimum Gasteiger partial charge on any atom is -0.350 e. The van der Waals surface area contributed by atoms with Crippen LogP contribution in [0.3, 0.4) is 0 Å². The fraction of sp³-hybridized carbons (Fsp3) is 0.909. The summed E-state index contributed by atoms with van der Waals surface area (Å²) < 4.78 is 0. The number of amides is 1. The second kappa shape index (κ2) is 6.80. The Morgan fingerprint density at radius 1 is 1.40 bits per heavy atom. The molecule has 0 rings (SSSR count). The topological polar surface area (TPSA) is 81.1 Å². The summed E-state index contributed by atoms with van der Waals surface area (Å²) in [5.74, 6) is 0.572. The van der Waals surface area contributed by atoms with E-state index in [4.69, 9.17) is 11.5 Å². The maximum Gasteiger partial charge on any atom is 0.220 e. The molecule has 15 heavy (non-hydrogen) atoms. The van der Waals surface area contributed by atoms with Crippen LogP contribution in [0.15, 0.2) is 0 Å². The molecule has 0 radical (unpaired) electrons. The van der Waals surface area contributed by atoms with E-state index in [9.17, 15) is 4.79 Å². The van der Waals surface area contributed by atoms with E-state index in [1.165, 1.54) is 0 Å². The number of carbonyl (C=O) groups is 1. The van der Waals surface area contributed by atoms with Crippen LogP contribution < -0.4 is 16.8 Å². The average Bonchev–Trinajstić information content (AvgIpc) is 2.13. The molecule has 0 aromatic rings. The third kappa shape index (κ3) is 6.47. The monoisotopic (exact) mass is 215 g/mol. The summed E-state index contributed by atoms with van der Waals surface area (Å²) in [7, 11) is 0. The molecule has 0 spiro atoms. The fourth-order valence-electron chi connectivity index (χ4n) is 1.75. The molecule has 1 unspecified atom stereocenters. The van der Waals surface area contributed by atoms with Gasteiger partial charge in [-0.2, -0.15) is 0 Å². The van der Waals surface area contributed by atoms with Gasteiger partial charge in [-0.15, -0.1) is 0 Å². The van der Waals surface area contributed by atoms with Crippen molar-refractivity contribution in [3.05, 3.63) is 0 Å². The van der Waals surface area contributed by atoms with E-state index in [2.05, 4.69) is 19.2 Å². The molecule has 5 N–H and O–H groups in total. The van der Waals surface area contributed by atoms with Crippen LogP contribution in [0.5, 0.6) is 0 Å². The number of hydrogen-bond acceptors (Lipinski definition) is 3. The molecule has 90 valence electrons. The molecular formula is C11H25N3O. The zero-order valence-corrected chi connectivity index (χ0v) is 10.2. The second-order valence-electron chi connectivity index (χ2n) is 4.80. The molecule has 0 aliphatic heterocycles. The van der Waals surface area contributed by atoms with Crippen LogP contribution in [0.4, 0.5) is 0 Å². The van der Waals surface area contributed by atoms with E-state index >= 15 is 0 Å². The smallest absolute Gasteiger partial charge is 0.220 e. The van der Waals surface area contributed by atoms with Gasteiger partial charge in [0.25, 0.3) is 0 Å². The van der Waals surface area contributed by atoms with Gasteiger partial charge in [-0.1, -0.05) is 13.8 Å². The molecule has 0 aliphatic rings. The third-order valence-electron chi connectivity index (χ3n) is 2.36. The molecule has 0 bridgehead atoms. The van der Waals surface area contributed by atoms with Crippen molar-refractivity contribution in [2.75, 3.05) is 13.1 Å². The van der Waals surface area contributed by atoms with Gasteiger partial charge in [-0.25, -0.2) is 0 Å². The first kappa shape index (κ1) is 14.4. The average molecular weight is 215 g/mol. The Labute approximate surface area is 92.8 Å². The van der Waals surface area contributed by atoms with Gasteiger partial charge in [-0.3, -0.25) is 4.79 Å². The van der Waals surface area contributed by atoms with Crippen LogP contribution >= 0.6 is 0 Å². The lowest BCUT2D eigenvalue weighted by Crippen LogP contribution is -2.52. The van der Waals surface area contributed by atoms with Crippen molar-refractivity contribution in [1.82, 2.24) is 5.32 Å². The van der Waals surface area contributed by atoms with E-state index in [1.807, 2.05) is 6.92 Å². The van der Waals surface area contributed by atoms with Crippen LogP contribution in [-0.4, -0.2) is 24.5 Å². The zero-order valence-electron chi connectivity index (χ0n) is 10.2. The summed E-state index contributed by atoms with van der Waals surface area (Å²) in [5.41, 5.74) is 10.8. The minimum atomic E-state index is -0.278. The molecule has 0 aromatic heterocycles. The van der Waals surface area contributed by atoms with Gasteiger partial charge in [0.05, 0.1) is 0 Å². The van der Waals surface area contributed by atoms with Gasteiger partial charge in [0.2, 0.25) is 5.91 Å². The number of nitrogens with two attached hydrogens (primary N) is 2. The van der Waals surface area contributed by atoms with Gasteiger partial charge in [0, 0.05) is 18.5 Å². The molecule has 1 amide bonds. The predicted molar refractivity (Wildman–Crippen MR) is 63.3 cm³/mol. The summed E-state index contributed by atoms with van der Waals surface area (Å²) in [6.45, 7) is 7.27. The van der Waals surface area contributed by atoms with Crippen molar-refractivity contribution in [3.63, 3.8) is 0 Å². The predicted octanol–water partition coefficient (Wildman–Crippen LogP) is 0.605. The summed E-state index contributed by atoms with van der Waals surface area (Å²) in [4.78, 5) is 11.5. The molecule has 0 fully saturated rings. The van der Waals surface area contributed by atoms with E-state index in [-0.39, 0.29) is 11.4 Å². The summed E-state index contributed by atoms with van der Waals surface area (Å²) in [6, 6.07) is 0. The highest BCUT2D eigenvalue weighted by molar-refractivity contribution is 5.76. The first-order chi connectivity index (χ1) is 6.93. The van der Waals surface area contributed by atoms with Crippen LogP contribution in [0.2, 0.25) is 0 Å². The largest absolute Gasteiger partial charge is 0.350 e. The normalized spacial score (nSPS) is 15.1. The highest BCUT2D eigenvalue weighted by Crippen LogP contribution is 2.15. The van der Waals surface area contributed by atoms with Gasteiger partial charge in [0.15, 0.2) is 0 Å². The highest BCUT2D eigenvalue weighted by atomic mass is 16.1. The molecule has 0 aliphatic carbocycles. The summed E-state index contributed by atoms with van der Waals surface area (Å²) >= 11 is 0. The Bertz CT molecular complexity index is 194. The van der Waals surface area contributed by atoms with Crippen molar-refractivity contribution in [2.24, 2.45) is 17.4 Å². The molecule has 0 heterocycles. The third-order valence-corrected chi connectivity index (χ3v) is 2.36. The van der Waals surface area contributed by atoms with Gasteiger partial charge in [-0.05, 0) is 32.2 Å². The number of rotatable bonds is 7. The van der Waals surface area contributed by atoms with Crippen LogP contribution in [-0.2, 0) is 4.79 Å². The Hall–Kier alpha value is -0.610. The second-order valence-corrected chi connectivity index (χ2v) is 4.80. The van der Waals surface area contributed by atoms with Gasteiger partial charge >= 0.3 is 0 Å². The molecule has 4 nitrogen and oxygen atoms in total. The fourth-order valence-corrected chi connectivity index (χ4v) is 1.75. The maximum atomic E-state index is 11.5. The van der Waals surface area contributed by atoms with Gasteiger partial charge < -0.3 is 16.8 Å². The minimum absolute atomic E-state index is 0.0500. The first-order valence-electron chi connectivity index (χ1n) is 5.64. The molecular weight excluding hydrogens is 190 g/mol.